The van der Waals surface area contributed by atoms with E-state index in [2.05, 4.69) is 68.7 Å². The first-order valence-corrected chi connectivity index (χ1v) is 7.40. The van der Waals surface area contributed by atoms with Crippen molar-refractivity contribution >= 4 is 28.5 Å². The number of hydrogen-bond acceptors (Lipinski definition) is 2. The van der Waals surface area contributed by atoms with Gasteiger partial charge in [0.1, 0.15) is 0 Å². The molecule has 0 atom stereocenters. The van der Waals surface area contributed by atoms with Gasteiger partial charge in [-0.2, -0.15) is 0 Å². The van der Waals surface area contributed by atoms with Gasteiger partial charge in [0, 0.05) is 5.33 Å². The van der Waals surface area contributed by atoms with Gasteiger partial charge in [-0.05, 0) is 51.2 Å². The molecule has 0 unspecified atom stereocenters. The molecule has 0 bridgehead atoms. The third-order valence-electron chi connectivity index (χ3n) is 4.14. The lowest BCUT2D eigenvalue weighted by atomic mass is 9.75. The van der Waals surface area contributed by atoms with E-state index in [1.807, 2.05) is 0 Å². The van der Waals surface area contributed by atoms with Gasteiger partial charge in [0.2, 0.25) is 0 Å². The zero-order chi connectivity index (χ0) is 13.6. The van der Waals surface area contributed by atoms with E-state index in [-0.39, 0.29) is 18.3 Å². The number of hydrogen-bond donors (Lipinski definition) is 0. The summed E-state index contributed by atoms with van der Waals surface area (Å²) >= 11 is 3.51. The van der Waals surface area contributed by atoms with Crippen molar-refractivity contribution in [2.75, 3.05) is 0 Å². The molecule has 1 fully saturated rings. The van der Waals surface area contributed by atoms with Crippen LogP contribution in [0.5, 0.6) is 0 Å². The first-order valence-electron chi connectivity index (χ1n) is 6.28. The van der Waals surface area contributed by atoms with Gasteiger partial charge in [0.25, 0.3) is 0 Å². The van der Waals surface area contributed by atoms with E-state index in [9.17, 15) is 0 Å². The second-order valence-electron chi connectivity index (χ2n) is 5.85. The van der Waals surface area contributed by atoms with Crippen molar-refractivity contribution in [2.24, 2.45) is 0 Å². The molecule has 0 N–H and O–H groups in total. The molecule has 0 spiro atoms. The second kappa shape index (κ2) is 4.66. The Morgan fingerprint density at radius 1 is 1.11 bits per heavy atom. The summed E-state index contributed by atoms with van der Waals surface area (Å²) in [5, 5.41) is 0.853. The molecule has 0 amide bonds. The molecule has 1 aliphatic rings. The highest BCUT2D eigenvalue weighted by Crippen LogP contribution is 2.36. The Balaban J connectivity index is 2.35. The van der Waals surface area contributed by atoms with Gasteiger partial charge >= 0.3 is 7.12 Å². The van der Waals surface area contributed by atoms with Crippen LogP contribution in [-0.2, 0) is 14.6 Å². The molecule has 2 rings (SSSR count). The second-order valence-corrected chi connectivity index (χ2v) is 6.41. The van der Waals surface area contributed by atoms with Gasteiger partial charge in [-0.15, -0.1) is 0 Å². The van der Waals surface area contributed by atoms with Gasteiger partial charge in [-0.3, -0.25) is 0 Å². The van der Waals surface area contributed by atoms with Crippen LogP contribution in [0.15, 0.2) is 18.2 Å². The largest absolute Gasteiger partial charge is 0.495 e. The number of benzene rings is 1. The number of halogens is 1. The molecule has 0 aromatic heterocycles. The van der Waals surface area contributed by atoms with Crippen LogP contribution >= 0.6 is 15.9 Å². The molecular formula is C14H20BBrO2. The Morgan fingerprint density at radius 2 is 1.67 bits per heavy atom. The van der Waals surface area contributed by atoms with E-state index in [0.717, 1.165) is 10.8 Å². The summed E-state index contributed by atoms with van der Waals surface area (Å²) in [4.78, 5) is 0. The van der Waals surface area contributed by atoms with Crippen molar-refractivity contribution in [1.82, 2.24) is 0 Å². The molecule has 1 aromatic rings. The number of alkyl halides is 1. The van der Waals surface area contributed by atoms with Crippen LogP contribution in [0.25, 0.3) is 0 Å². The summed E-state index contributed by atoms with van der Waals surface area (Å²) in [5.41, 5.74) is 3.09. The Morgan fingerprint density at radius 3 is 2.17 bits per heavy atom. The maximum atomic E-state index is 6.09. The highest BCUT2D eigenvalue weighted by molar-refractivity contribution is 9.08. The van der Waals surface area contributed by atoms with Gasteiger partial charge in [-0.1, -0.05) is 34.1 Å². The summed E-state index contributed by atoms with van der Waals surface area (Å²) in [6.45, 7) is 10.4. The van der Waals surface area contributed by atoms with Gasteiger partial charge in [0.15, 0.2) is 0 Å². The first kappa shape index (κ1) is 14.1. The highest BCUT2D eigenvalue weighted by Gasteiger charge is 2.52. The van der Waals surface area contributed by atoms with Crippen molar-refractivity contribution in [1.29, 1.82) is 0 Å². The van der Waals surface area contributed by atoms with Crippen LogP contribution < -0.4 is 5.46 Å². The monoisotopic (exact) mass is 310 g/mol. The summed E-state index contributed by atoms with van der Waals surface area (Å²) in [5.74, 6) is 0. The van der Waals surface area contributed by atoms with Crippen molar-refractivity contribution in [2.45, 2.75) is 51.2 Å². The summed E-state index contributed by atoms with van der Waals surface area (Å²) in [6, 6.07) is 6.27. The maximum absolute atomic E-state index is 6.09. The van der Waals surface area contributed by atoms with E-state index >= 15 is 0 Å². The molecule has 1 saturated heterocycles. The van der Waals surface area contributed by atoms with Crippen LogP contribution in [0.1, 0.15) is 38.8 Å². The molecule has 0 radical (unpaired) electrons. The molecule has 1 aliphatic heterocycles. The summed E-state index contributed by atoms with van der Waals surface area (Å²) in [6.07, 6.45) is 0. The van der Waals surface area contributed by atoms with Crippen LogP contribution in [0.3, 0.4) is 0 Å². The van der Waals surface area contributed by atoms with Gasteiger partial charge < -0.3 is 9.31 Å². The summed E-state index contributed by atoms with van der Waals surface area (Å²) in [7, 11) is -0.269. The standard InChI is InChI=1S/C14H20BBrO2/c1-10-11(9-16)7-6-8-12(10)15-17-13(2,3)14(4,5)18-15/h6-8H,9H2,1-5H3. The van der Waals surface area contributed by atoms with Crippen LogP contribution in [0, 0.1) is 6.92 Å². The lowest BCUT2D eigenvalue weighted by Crippen LogP contribution is -2.41. The molecule has 4 heteroatoms. The van der Waals surface area contributed by atoms with E-state index < -0.39 is 0 Å². The molecule has 98 valence electrons. The number of rotatable bonds is 2. The third kappa shape index (κ3) is 2.26. The Kier molecular flexibility index (Phi) is 3.65. The molecule has 2 nitrogen and oxygen atoms in total. The van der Waals surface area contributed by atoms with Gasteiger partial charge in [-0.25, -0.2) is 0 Å². The van der Waals surface area contributed by atoms with Crippen LogP contribution in [0.2, 0.25) is 0 Å². The minimum atomic E-state index is -0.283. The minimum Gasteiger partial charge on any atom is -0.399 e. The van der Waals surface area contributed by atoms with E-state index in [4.69, 9.17) is 9.31 Å². The van der Waals surface area contributed by atoms with Crippen molar-refractivity contribution in [3.8, 4) is 0 Å². The molecule has 0 saturated carbocycles. The molecule has 0 aliphatic carbocycles. The van der Waals surface area contributed by atoms with E-state index in [1.165, 1.54) is 11.1 Å². The fourth-order valence-corrected chi connectivity index (χ4v) is 2.68. The molecule has 18 heavy (non-hydrogen) atoms. The Bertz CT molecular complexity index is 441. The van der Waals surface area contributed by atoms with Crippen molar-refractivity contribution in [3.05, 3.63) is 29.3 Å². The lowest BCUT2D eigenvalue weighted by molar-refractivity contribution is 0.00578. The Labute approximate surface area is 118 Å². The minimum absolute atomic E-state index is 0.269. The zero-order valence-corrected chi connectivity index (χ0v) is 13.3. The lowest BCUT2D eigenvalue weighted by Gasteiger charge is -2.32. The predicted octanol–water partition coefficient (Wildman–Crippen LogP) is 3.19. The summed E-state index contributed by atoms with van der Waals surface area (Å²) < 4.78 is 12.2. The van der Waals surface area contributed by atoms with Crippen LogP contribution in [-0.4, -0.2) is 18.3 Å². The zero-order valence-electron chi connectivity index (χ0n) is 11.7. The highest BCUT2D eigenvalue weighted by atomic mass is 79.9. The maximum Gasteiger partial charge on any atom is 0.495 e. The van der Waals surface area contributed by atoms with Crippen LogP contribution in [0.4, 0.5) is 0 Å². The topological polar surface area (TPSA) is 18.5 Å². The first-order chi connectivity index (χ1) is 8.28. The van der Waals surface area contributed by atoms with Gasteiger partial charge in [0.05, 0.1) is 11.2 Å². The normalized spacial score (nSPS) is 21.3. The molecular weight excluding hydrogens is 291 g/mol. The Hall–Kier alpha value is -0.315. The van der Waals surface area contributed by atoms with Crippen molar-refractivity contribution in [3.63, 3.8) is 0 Å². The molecule has 1 heterocycles. The fraction of sp³-hybridized carbons (Fsp3) is 0.571. The van der Waals surface area contributed by atoms with Crippen molar-refractivity contribution < 1.29 is 9.31 Å². The quantitative estimate of drug-likeness (QED) is 0.617. The SMILES string of the molecule is Cc1c(CBr)cccc1B1OC(C)(C)C(C)(C)O1. The average Bonchev–Trinajstić information content (AvgIpc) is 2.48. The molecule has 1 aromatic carbocycles. The van der Waals surface area contributed by atoms with E-state index in [1.54, 1.807) is 0 Å². The average molecular weight is 311 g/mol. The predicted molar refractivity (Wildman–Crippen MR) is 79.5 cm³/mol. The smallest absolute Gasteiger partial charge is 0.399 e. The van der Waals surface area contributed by atoms with E-state index in [0.29, 0.717) is 0 Å². The third-order valence-corrected chi connectivity index (χ3v) is 4.74. The fourth-order valence-electron chi connectivity index (χ4n) is 2.07.